The van der Waals surface area contributed by atoms with Crippen LogP contribution in [0.1, 0.15) is 37.7 Å². The molecule has 0 bridgehead atoms. The molecule has 3 N–H and O–H groups in total. The maximum atomic E-state index is 12.3. The van der Waals surface area contributed by atoms with E-state index in [-0.39, 0.29) is 29.1 Å². The fourth-order valence-electron chi connectivity index (χ4n) is 2.31. The van der Waals surface area contributed by atoms with E-state index in [1.807, 2.05) is 13.8 Å². The first-order chi connectivity index (χ1) is 11.7. The molecular formula is C17H19ClN2O5. The lowest BCUT2D eigenvalue weighted by Gasteiger charge is -2.15. The summed E-state index contributed by atoms with van der Waals surface area (Å²) in [7, 11) is 0. The summed E-state index contributed by atoms with van der Waals surface area (Å²) in [6, 6.07) is 3.80. The number of aromatic nitrogens is 1. The summed E-state index contributed by atoms with van der Waals surface area (Å²) in [5, 5.41) is 22.6. The molecule has 1 amide bonds. The smallest absolute Gasteiger partial charge is 0.326 e. The van der Waals surface area contributed by atoms with Gasteiger partial charge in [-0.3, -0.25) is 4.79 Å². The number of carbonyl (C=O) groups excluding carboxylic acids is 1. The topological polar surface area (TPSA) is 109 Å². The van der Waals surface area contributed by atoms with Crippen LogP contribution in [0, 0.1) is 0 Å². The number of aromatic hydroxyl groups is 1. The van der Waals surface area contributed by atoms with Crippen LogP contribution < -0.4 is 10.1 Å². The van der Waals surface area contributed by atoms with E-state index in [0.717, 1.165) is 0 Å². The van der Waals surface area contributed by atoms with Gasteiger partial charge in [-0.15, -0.1) is 0 Å². The van der Waals surface area contributed by atoms with Crippen LogP contribution in [0.25, 0.3) is 10.8 Å². The highest BCUT2D eigenvalue weighted by atomic mass is 35.5. The maximum absolute atomic E-state index is 12.3. The number of rotatable bonds is 6. The fraction of sp³-hybridized carbons (Fsp3) is 0.353. The van der Waals surface area contributed by atoms with Crippen LogP contribution in [-0.2, 0) is 4.79 Å². The van der Waals surface area contributed by atoms with Gasteiger partial charge in [0.05, 0.1) is 6.10 Å². The third-order valence-electron chi connectivity index (χ3n) is 3.50. The number of nitrogens with one attached hydrogen (secondary N) is 1. The van der Waals surface area contributed by atoms with Gasteiger partial charge < -0.3 is 20.3 Å². The predicted octanol–water partition coefficient (Wildman–Crippen LogP) is 2.97. The first-order valence-corrected chi connectivity index (χ1v) is 8.14. The number of nitrogens with zero attached hydrogens (tertiary/aromatic N) is 1. The average molecular weight is 367 g/mol. The molecule has 0 aliphatic heterocycles. The van der Waals surface area contributed by atoms with E-state index in [1.165, 1.54) is 0 Å². The molecule has 7 nitrogen and oxygen atoms in total. The van der Waals surface area contributed by atoms with Crippen molar-refractivity contribution in [1.29, 1.82) is 0 Å². The maximum Gasteiger partial charge on any atom is 0.326 e. The Morgan fingerprint density at radius 3 is 2.56 bits per heavy atom. The molecule has 1 atom stereocenters. The molecular weight excluding hydrogens is 348 g/mol. The van der Waals surface area contributed by atoms with Gasteiger partial charge in [0.15, 0.2) is 11.4 Å². The summed E-state index contributed by atoms with van der Waals surface area (Å²) < 4.78 is 5.58. The molecule has 1 aromatic carbocycles. The zero-order valence-electron chi connectivity index (χ0n) is 14.0. The number of amides is 1. The van der Waals surface area contributed by atoms with Crippen molar-refractivity contribution in [2.45, 2.75) is 39.3 Å². The summed E-state index contributed by atoms with van der Waals surface area (Å²) in [4.78, 5) is 27.3. The van der Waals surface area contributed by atoms with E-state index in [2.05, 4.69) is 10.3 Å². The second-order valence-corrected chi connectivity index (χ2v) is 6.10. The quantitative estimate of drug-likeness (QED) is 0.678. The van der Waals surface area contributed by atoms with Gasteiger partial charge in [0, 0.05) is 10.8 Å². The lowest BCUT2D eigenvalue weighted by Crippen LogP contribution is -2.40. The number of carboxylic acids is 1. The lowest BCUT2D eigenvalue weighted by molar-refractivity contribution is -0.139. The Morgan fingerprint density at radius 2 is 2.00 bits per heavy atom. The minimum Gasteiger partial charge on any atom is -0.505 e. The third-order valence-corrected chi connectivity index (χ3v) is 3.79. The molecule has 0 aliphatic carbocycles. The molecule has 8 heteroatoms. The average Bonchev–Trinajstić information content (AvgIpc) is 2.54. The van der Waals surface area contributed by atoms with E-state index in [4.69, 9.17) is 21.4 Å². The van der Waals surface area contributed by atoms with Gasteiger partial charge in [-0.1, -0.05) is 18.5 Å². The van der Waals surface area contributed by atoms with Crippen LogP contribution >= 0.6 is 11.6 Å². The Labute approximate surface area is 149 Å². The van der Waals surface area contributed by atoms with Crippen molar-refractivity contribution in [3.05, 3.63) is 29.0 Å². The minimum atomic E-state index is -1.17. The van der Waals surface area contributed by atoms with E-state index >= 15 is 0 Å². The number of hydrogen-bond acceptors (Lipinski definition) is 5. The first kappa shape index (κ1) is 18.8. The highest BCUT2D eigenvalue weighted by molar-refractivity contribution is 6.35. The van der Waals surface area contributed by atoms with E-state index in [1.54, 1.807) is 25.1 Å². The van der Waals surface area contributed by atoms with Gasteiger partial charge in [-0.25, -0.2) is 9.78 Å². The van der Waals surface area contributed by atoms with Crippen molar-refractivity contribution in [2.75, 3.05) is 0 Å². The van der Waals surface area contributed by atoms with Crippen LogP contribution in [0.4, 0.5) is 0 Å². The Hall–Kier alpha value is -2.54. The SMILES string of the molecule is CCC(NC(=O)c1nc(Cl)c2ccc(OC(C)C)cc2c1O)C(=O)O. The molecule has 0 saturated carbocycles. The minimum absolute atomic E-state index is 0.0254. The van der Waals surface area contributed by atoms with Gasteiger partial charge in [-0.05, 0) is 38.5 Å². The van der Waals surface area contributed by atoms with Crippen molar-refractivity contribution in [1.82, 2.24) is 10.3 Å². The van der Waals surface area contributed by atoms with Crippen LogP contribution in [0.3, 0.4) is 0 Å². The second-order valence-electron chi connectivity index (χ2n) is 5.75. The van der Waals surface area contributed by atoms with Gasteiger partial charge in [0.1, 0.15) is 16.9 Å². The molecule has 0 fully saturated rings. The van der Waals surface area contributed by atoms with Crippen molar-refractivity contribution < 1.29 is 24.5 Å². The number of hydrogen-bond donors (Lipinski definition) is 3. The number of halogens is 1. The van der Waals surface area contributed by atoms with Gasteiger partial charge in [0.25, 0.3) is 5.91 Å². The number of aliphatic carboxylic acids is 1. The molecule has 1 heterocycles. The highest BCUT2D eigenvalue weighted by Crippen LogP contribution is 2.34. The van der Waals surface area contributed by atoms with Crippen LogP contribution in [-0.4, -0.2) is 39.2 Å². The molecule has 0 aliphatic rings. The zero-order valence-corrected chi connectivity index (χ0v) is 14.8. The second kappa shape index (κ2) is 7.57. The van der Waals surface area contributed by atoms with Crippen LogP contribution in [0.15, 0.2) is 18.2 Å². The zero-order chi connectivity index (χ0) is 18.7. The number of carbonyl (C=O) groups is 2. The van der Waals surface area contributed by atoms with Crippen LogP contribution in [0.5, 0.6) is 11.5 Å². The van der Waals surface area contributed by atoms with Gasteiger partial charge in [-0.2, -0.15) is 0 Å². The Morgan fingerprint density at radius 1 is 1.32 bits per heavy atom. The van der Waals surface area contributed by atoms with Gasteiger partial charge in [0.2, 0.25) is 0 Å². The molecule has 0 spiro atoms. The molecule has 134 valence electrons. The monoisotopic (exact) mass is 366 g/mol. The molecule has 2 rings (SSSR count). The van der Waals surface area contributed by atoms with Crippen molar-refractivity contribution >= 4 is 34.2 Å². The van der Waals surface area contributed by atoms with Crippen molar-refractivity contribution in [3.8, 4) is 11.5 Å². The molecule has 1 aromatic heterocycles. The third kappa shape index (κ3) is 4.11. The molecule has 0 saturated heterocycles. The number of pyridine rings is 1. The summed E-state index contributed by atoms with van der Waals surface area (Å²) >= 11 is 6.11. The highest BCUT2D eigenvalue weighted by Gasteiger charge is 2.24. The lowest BCUT2D eigenvalue weighted by atomic mass is 10.1. The Bertz CT molecular complexity index is 822. The summed E-state index contributed by atoms with van der Waals surface area (Å²) in [5.74, 6) is -1.87. The first-order valence-electron chi connectivity index (χ1n) is 7.77. The number of fused-ring (bicyclic) bond motifs is 1. The Balaban J connectivity index is 2.48. The number of carboxylic acid groups (broad SMARTS) is 1. The number of ether oxygens (including phenoxy) is 1. The Kier molecular flexibility index (Phi) is 5.69. The standard InChI is InChI=1S/C17H19ClN2O5/c1-4-12(17(23)24)19-16(22)13-14(21)11-7-9(25-8(2)3)5-6-10(11)15(18)20-13/h5-8,12,21H,4H2,1-3H3,(H,19,22)(H,23,24). The van der Waals surface area contributed by atoms with Crippen molar-refractivity contribution in [3.63, 3.8) is 0 Å². The van der Waals surface area contributed by atoms with Crippen molar-refractivity contribution in [2.24, 2.45) is 0 Å². The van der Waals surface area contributed by atoms with E-state index in [0.29, 0.717) is 16.5 Å². The predicted molar refractivity (Wildman–Crippen MR) is 93.4 cm³/mol. The molecule has 25 heavy (non-hydrogen) atoms. The molecule has 0 radical (unpaired) electrons. The summed E-state index contributed by atoms with van der Waals surface area (Å²) in [6.07, 6.45) is 0.121. The van der Waals surface area contributed by atoms with E-state index < -0.39 is 17.9 Å². The van der Waals surface area contributed by atoms with Crippen LogP contribution in [0.2, 0.25) is 5.15 Å². The molecule has 2 aromatic rings. The normalized spacial score (nSPS) is 12.2. The summed E-state index contributed by atoms with van der Waals surface area (Å²) in [6.45, 7) is 5.34. The largest absolute Gasteiger partial charge is 0.505 e. The van der Waals surface area contributed by atoms with E-state index in [9.17, 15) is 14.7 Å². The van der Waals surface area contributed by atoms with Gasteiger partial charge >= 0.3 is 5.97 Å². The summed E-state index contributed by atoms with van der Waals surface area (Å²) in [5.41, 5.74) is -0.334. The fourth-order valence-corrected chi connectivity index (χ4v) is 2.56. The molecule has 1 unspecified atom stereocenters. The number of benzene rings is 1.